The van der Waals surface area contributed by atoms with E-state index in [-0.39, 0.29) is 16.9 Å². The Hall–Kier alpha value is -3.16. The van der Waals surface area contributed by atoms with Gasteiger partial charge in [0.05, 0.1) is 16.6 Å². The van der Waals surface area contributed by atoms with Gasteiger partial charge < -0.3 is 10.1 Å². The van der Waals surface area contributed by atoms with Gasteiger partial charge in [0.2, 0.25) is 10.0 Å². The van der Waals surface area contributed by atoms with Crippen molar-refractivity contribution in [1.29, 1.82) is 0 Å². The minimum Gasteiger partial charge on any atom is -0.490 e. The van der Waals surface area contributed by atoms with Crippen molar-refractivity contribution in [3.05, 3.63) is 90.0 Å². The number of hydrogen-bond donors (Lipinski definition) is 2. The second-order valence-corrected chi connectivity index (χ2v) is 9.04. The Labute approximate surface area is 183 Å². The van der Waals surface area contributed by atoms with Crippen LogP contribution >= 0.6 is 0 Å². The van der Waals surface area contributed by atoms with Gasteiger partial charge in [-0.2, -0.15) is 0 Å². The highest BCUT2D eigenvalue weighted by atomic mass is 32.2. The molecule has 31 heavy (non-hydrogen) atoms. The molecule has 0 bridgehead atoms. The number of carbonyl (C=O) groups excluding carboxylic acids is 1. The fourth-order valence-electron chi connectivity index (χ4n) is 2.98. The van der Waals surface area contributed by atoms with E-state index in [9.17, 15) is 13.2 Å². The molecule has 0 spiro atoms. The third-order valence-electron chi connectivity index (χ3n) is 4.47. The molecule has 0 saturated heterocycles. The van der Waals surface area contributed by atoms with Gasteiger partial charge >= 0.3 is 0 Å². The summed E-state index contributed by atoms with van der Waals surface area (Å²) in [7, 11) is -3.63. The maximum atomic E-state index is 12.7. The van der Waals surface area contributed by atoms with E-state index in [4.69, 9.17) is 4.74 Å². The Bertz CT molecular complexity index is 1110. The van der Waals surface area contributed by atoms with Crippen LogP contribution in [0.3, 0.4) is 0 Å². The summed E-state index contributed by atoms with van der Waals surface area (Å²) in [6.45, 7) is 4.08. The molecule has 6 nitrogen and oxygen atoms in total. The third kappa shape index (κ3) is 6.41. The van der Waals surface area contributed by atoms with Gasteiger partial charge in [0, 0.05) is 12.2 Å². The number of hydrogen-bond acceptors (Lipinski definition) is 4. The minimum atomic E-state index is -3.63. The Morgan fingerprint density at radius 3 is 2.23 bits per heavy atom. The summed E-state index contributed by atoms with van der Waals surface area (Å²) in [5, 5.41) is 2.78. The predicted octanol–water partition coefficient (Wildman–Crippen LogP) is 4.25. The summed E-state index contributed by atoms with van der Waals surface area (Å²) in [6.07, 6.45) is 0.541. The molecule has 3 rings (SSSR count). The van der Waals surface area contributed by atoms with E-state index >= 15 is 0 Å². The quantitative estimate of drug-likeness (QED) is 0.523. The molecule has 0 atom stereocenters. The first-order valence-corrected chi connectivity index (χ1v) is 11.5. The zero-order valence-corrected chi connectivity index (χ0v) is 18.4. The van der Waals surface area contributed by atoms with Crippen LogP contribution in [0.1, 0.15) is 29.8 Å². The molecule has 7 heteroatoms. The first kappa shape index (κ1) is 22.5. The number of nitrogens with one attached hydrogen (secondary N) is 2. The van der Waals surface area contributed by atoms with Gasteiger partial charge in [-0.25, -0.2) is 13.1 Å². The van der Waals surface area contributed by atoms with Crippen molar-refractivity contribution in [2.45, 2.75) is 31.3 Å². The van der Waals surface area contributed by atoms with E-state index in [0.717, 1.165) is 5.56 Å². The van der Waals surface area contributed by atoms with Gasteiger partial charge in [-0.3, -0.25) is 4.79 Å². The number of benzene rings is 3. The van der Waals surface area contributed by atoms with Gasteiger partial charge in [0.25, 0.3) is 5.91 Å². The first-order valence-electron chi connectivity index (χ1n) is 10.1. The van der Waals surface area contributed by atoms with Gasteiger partial charge in [0.15, 0.2) is 0 Å². The van der Waals surface area contributed by atoms with E-state index in [1.807, 2.05) is 44.2 Å². The van der Waals surface area contributed by atoms with Crippen molar-refractivity contribution in [3.8, 4) is 5.75 Å². The maximum absolute atomic E-state index is 12.7. The third-order valence-corrected chi connectivity index (χ3v) is 5.94. The fourth-order valence-corrected chi connectivity index (χ4v) is 4.02. The van der Waals surface area contributed by atoms with Gasteiger partial charge in [-0.1, -0.05) is 42.5 Å². The summed E-state index contributed by atoms with van der Waals surface area (Å²) < 4.78 is 33.3. The van der Waals surface area contributed by atoms with E-state index < -0.39 is 10.0 Å². The van der Waals surface area contributed by atoms with Gasteiger partial charge in [-0.05, 0) is 62.2 Å². The van der Waals surface area contributed by atoms with Crippen molar-refractivity contribution >= 4 is 21.6 Å². The standard InChI is InChI=1S/C24H26N2O4S/c1-18(2)30-23-11-7-6-10-22(23)24(27)26-20-12-14-21(15-13-20)31(28,29)25-17-16-19-8-4-3-5-9-19/h3-15,18,25H,16-17H2,1-2H3,(H,26,27). The van der Waals surface area contributed by atoms with Crippen LogP contribution in [0.5, 0.6) is 5.75 Å². The molecule has 0 aliphatic carbocycles. The maximum Gasteiger partial charge on any atom is 0.259 e. The molecule has 0 radical (unpaired) electrons. The van der Waals surface area contributed by atoms with Crippen molar-refractivity contribution in [1.82, 2.24) is 4.72 Å². The number of para-hydroxylation sites is 1. The highest BCUT2D eigenvalue weighted by Crippen LogP contribution is 2.21. The number of anilines is 1. The topological polar surface area (TPSA) is 84.5 Å². The Morgan fingerprint density at radius 2 is 1.55 bits per heavy atom. The highest BCUT2D eigenvalue weighted by Gasteiger charge is 2.16. The molecule has 0 aliphatic heterocycles. The normalized spacial score (nSPS) is 11.3. The van der Waals surface area contributed by atoms with Crippen molar-refractivity contribution in [2.24, 2.45) is 0 Å². The number of ether oxygens (including phenoxy) is 1. The summed E-state index contributed by atoms with van der Waals surface area (Å²) in [5.41, 5.74) is 1.97. The molecule has 0 aromatic heterocycles. The number of amides is 1. The van der Waals surface area contributed by atoms with Crippen molar-refractivity contribution in [3.63, 3.8) is 0 Å². The lowest BCUT2D eigenvalue weighted by atomic mass is 10.1. The lowest BCUT2D eigenvalue weighted by molar-refractivity contribution is 0.102. The molecular formula is C24H26N2O4S. The number of rotatable bonds is 9. The van der Waals surface area contributed by atoms with Gasteiger partial charge in [-0.15, -0.1) is 0 Å². The van der Waals surface area contributed by atoms with Crippen molar-refractivity contribution < 1.29 is 17.9 Å². The summed E-state index contributed by atoms with van der Waals surface area (Å²) in [5.74, 6) is 0.171. The summed E-state index contributed by atoms with van der Waals surface area (Å²) >= 11 is 0. The zero-order valence-electron chi connectivity index (χ0n) is 17.5. The predicted molar refractivity (Wildman–Crippen MR) is 122 cm³/mol. The lowest BCUT2D eigenvalue weighted by Crippen LogP contribution is -2.26. The molecule has 0 aliphatic rings. The van der Waals surface area contributed by atoms with Crippen LogP contribution < -0.4 is 14.8 Å². The Kier molecular flexibility index (Phi) is 7.44. The second-order valence-electron chi connectivity index (χ2n) is 7.27. The molecule has 162 valence electrons. The SMILES string of the molecule is CC(C)Oc1ccccc1C(=O)Nc1ccc(S(=O)(=O)NCCc2ccccc2)cc1. The number of sulfonamides is 1. The molecule has 0 saturated carbocycles. The van der Waals surface area contributed by atoms with Crippen LogP contribution in [-0.2, 0) is 16.4 Å². The molecule has 3 aromatic carbocycles. The zero-order chi connectivity index (χ0) is 22.3. The highest BCUT2D eigenvalue weighted by molar-refractivity contribution is 7.89. The van der Waals surface area contributed by atoms with Crippen LogP contribution in [-0.4, -0.2) is 27.0 Å². The van der Waals surface area contributed by atoms with Crippen molar-refractivity contribution in [2.75, 3.05) is 11.9 Å². The summed E-state index contributed by atoms with van der Waals surface area (Å²) in [6, 6.07) is 22.7. The van der Waals surface area contributed by atoms with Crippen LogP contribution in [0.4, 0.5) is 5.69 Å². The molecule has 1 amide bonds. The van der Waals surface area contributed by atoms with E-state index in [1.54, 1.807) is 36.4 Å². The van der Waals surface area contributed by atoms with Crippen LogP contribution in [0.25, 0.3) is 0 Å². The van der Waals surface area contributed by atoms with Crippen LogP contribution in [0, 0.1) is 0 Å². The van der Waals surface area contributed by atoms with E-state index in [2.05, 4.69) is 10.0 Å². The molecule has 0 fully saturated rings. The minimum absolute atomic E-state index is 0.0622. The molecule has 0 heterocycles. The molecule has 0 unspecified atom stereocenters. The van der Waals surface area contributed by atoms with Crippen LogP contribution in [0.2, 0.25) is 0 Å². The largest absolute Gasteiger partial charge is 0.490 e. The smallest absolute Gasteiger partial charge is 0.259 e. The molecule has 3 aromatic rings. The Morgan fingerprint density at radius 1 is 0.903 bits per heavy atom. The van der Waals surface area contributed by atoms with E-state index in [0.29, 0.717) is 30.0 Å². The summed E-state index contributed by atoms with van der Waals surface area (Å²) in [4.78, 5) is 12.8. The van der Waals surface area contributed by atoms with Gasteiger partial charge in [0.1, 0.15) is 5.75 Å². The van der Waals surface area contributed by atoms with Crippen LogP contribution in [0.15, 0.2) is 83.8 Å². The first-order chi connectivity index (χ1) is 14.8. The fraction of sp³-hybridized carbons (Fsp3) is 0.208. The average Bonchev–Trinajstić information content (AvgIpc) is 2.75. The lowest BCUT2D eigenvalue weighted by Gasteiger charge is -2.14. The molecule has 2 N–H and O–H groups in total. The molecular weight excluding hydrogens is 412 g/mol. The monoisotopic (exact) mass is 438 g/mol. The second kappa shape index (κ2) is 10.2. The Balaban J connectivity index is 1.62. The average molecular weight is 439 g/mol. The van der Waals surface area contributed by atoms with E-state index in [1.165, 1.54) is 12.1 Å². The number of carbonyl (C=O) groups is 1.